The van der Waals surface area contributed by atoms with Crippen molar-refractivity contribution in [3.63, 3.8) is 0 Å². The van der Waals surface area contributed by atoms with Crippen molar-refractivity contribution in [2.24, 2.45) is 5.92 Å². The molecule has 1 unspecified atom stereocenters. The number of ketones is 1. The zero-order valence-corrected chi connectivity index (χ0v) is 16.7. The summed E-state index contributed by atoms with van der Waals surface area (Å²) >= 11 is 6.35. The molecule has 2 heterocycles. The van der Waals surface area contributed by atoms with E-state index >= 15 is 0 Å². The van der Waals surface area contributed by atoms with Crippen LogP contribution in [0.1, 0.15) is 41.6 Å². The fourth-order valence-corrected chi connectivity index (χ4v) is 4.16. The molecule has 1 aromatic carbocycles. The third-order valence-electron chi connectivity index (χ3n) is 5.70. The first-order valence-electron chi connectivity index (χ1n) is 10.0. The number of hydrogen-bond donors (Lipinski definition) is 0. The molecule has 7 heteroatoms. The SMILES string of the molecule is O=C1CCc2c(Cl)cc(N3CCC(Oc4ccc(OCC5CC5)nc4)C3=O)cc21. The van der Waals surface area contributed by atoms with E-state index in [1.165, 1.54) is 12.8 Å². The van der Waals surface area contributed by atoms with E-state index in [2.05, 4.69) is 4.98 Å². The number of Topliss-reactive ketones (excluding diaryl/α,β-unsaturated/α-hetero) is 1. The average molecular weight is 413 g/mol. The summed E-state index contributed by atoms with van der Waals surface area (Å²) in [5.41, 5.74) is 2.17. The minimum Gasteiger partial charge on any atom is -0.479 e. The second-order valence-electron chi connectivity index (χ2n) is 7.85. The number of carbonyl (C=O) groups is 2. The predicted molar refractivity (Wildman–Crippen MR) is 108 cm³/mol. The van der Waals surface area contributed by atoms with E-state index in [0.29, 0.717) is 66.2 Å². The zero-order valence-electron chi connectivity index (χ0n) is 15.9. The molecule has 150 valence electrons. The van der Waals surface area contributed by atoms with Crippen LogP contribution >= 0.6 is 11.6 Å². The van der Waals surface area contributed by atoms with Crippen molar-refractivity contribution in [3.05, 3.63) is 46.6 Å². The number of fused-ring (bicyclic) bond motifs is 1. The highest BCUT2D eigenvalue weighted by Gasteiger charge is 2.35. The molecule has 1 saturated heterocycles. The molecular formula is C22H21ClN2O4. The van der Waals surface area contributed by atoms with E-state index in [-0.39, 0.29) is 11.7 Å². The number of rotatable bonds is 6. The molecular weight excluding hydrogens is 392 g/mol. The smallest absolute Gasteiger partial charge is 0.268 e. The molecule has 1 aliphatic heterocycles. The van der Waals surface area contributed by atoms with Gasteiger partial charge in [0.2, 0.25) is 5.88 Å². The number of pyridine rings is 1. The molecule has 1 saturated carbocycles. The number of amides is 1. The van der Waals surface area contributed by atoms with Crippen LogP contribution in [0.3, 0.4) is 0 Å². The van der Waals surface area contributed by atoms with Crippen LogP contribution in [0.5, 0.6) is 11.6 Å². The number of nitrogens with zero attached hydrogens (tertiary/aromatic N) is 2. The highest BCUT2D eigenvalue weighted by Crippen LogP contribution is 2.35. The van der Waals surface area contributed by atoms with Gasteiger partial charge in [0.1, 0.15) is 5.75 Å². The molecule has 2 aliphatic carbocycles. The van der Waals surface area contributed by atoms with Gasteiger partial charge in [0.25, 0.3) is 5.91 Å². The van der Waals surface area contributed by atoms with Gasteiger partial charge in [-0.05, 0) is 48.9 Å². The fraction of sp³-hybridized carbons (Fsp3) is 0.409. The van der Waals surface area contributed by atoms with Gasteiger partial charge >= 0.3 is 0 Å². The maximum atomic E-state index is 12.9. The van der Waals surface area contributed by atoms with Crippen LogP contribution in [-0.2, 0) is 11.2 Å². The van der Waals surface area contributed by atoms with E-state index in [1.807, 2.05) is 0 Å². The van der Waals surface area contributed by atoms with Gasteiger partial charge in [-0.3, -0.25) is 9.59 Å². The molecule has 5 rings (SSSR count). The monoisotopic (exact) mass is 412 g/mol. The Morgan fingerprint density at radius 2 is 2.00 bits per heavy atom. The molecule has 0 N–H and O–H groups in total. The van der Waals surface area contributed by atoms with Gasteiger partial charge in [-0.15, -0.1) is 0 Å². The lowest BCUT2D eigenvalue weighted by Crippen LogP contribution is -2.32. The molecule has 6 nitrogen and oxygen atoms in total. The summed E-state index contributed by atoms with van der Waals surface area (Å²) in [4.78, 5) is 30.9. The molecule has 29 heavy (non-hydrogen) atoms. The highest BCUT2D eigenvalue weighted by atomic mass is 35.5. The van der Waals surface area contributed by atoms with Crippen LogP contribution in [-0.4, -0.2) is 35.9 Å². The largest absolute Gasteiger partial charge is 0.479 e. The Labute approximate surface area is 173 Å². The Kier molecular flexibility index (Phi) is 4.66. The minimum absolute atomic E-state index is 0.0817. The number of aromatic nitrogens is 1. The summed E-state index contributed by atoms with van der Waals surface area (Å²) in [7, 11) is 0. The number of hydrogen-bond acceptors (Lipinski definition) is 5. The standard InChI is InChI=1S/C22H21ClN2O4/c23-18-10-14(9-17-16(18)4-5-19(17)26)25-8-7-20(22(25)27)29-15-3-6-21(24-11-15)28-12-13-1-2-13/h3,6,9-11,13,20H,1-2,4-5,7-8,12H2. The Bertz CT molecular complexity index is 972. The van der Waals surface area contributed by atoms with Crippen molar-refractivity contribution in [2.75, 3.05) is 18.1 Å². The molecule has 1 atom stereocenters. The Balaban J connectivity index is 1.26. The molecule has 2 aromatic rings. The van der Waals surface area contributed by atoms with Gasteiger partial charge in [-0.2, -0.15) is 0 Å². The summed E-state index contributed by atoms with van der Waals surface area (Å²) in [6.45, 7) is 1.22. The predicted octanol–water partition coefficient (Wildman–Crippen LogP) is 3.84. The normalized spacial score (nSPS) is 20.9. The topological polar surface area (TPSA) is 68.7 Å². The van der Waals surface area contributed by atoms with E-state index < -0.39 is 6.10 Å². The summed E-state index contributed by atoms with van der Waals surface area (Å²) in [5.74, 6) is 1.71. The van der Waals surface area contributed by atoms with Crippen molar-refractivity contribution in [3.8, 4) is 11.6 Å². The molecule has 1 amide bonds. The summed E-state index contributed by atoms with van der Waals surface area (Å²) in [6, 6.07) is 7.09. The summed E-state index contributed by atoms with van der Waals surface area (Å²) in [6.07, 6.45) is 5.16. The Morgan fingerprint density at radius 1 is 1.14 bits per heavy atom. The van der Waals surface area contributed by atoms with E-state index in [9.17, 15) is 9.59 Å². The highest BCUT2D eigenvalue weighted by molar-refractivity contribution is 6.32. The molecule has 3 aliphatic rings. The van der Waals surface area contributed by atoms with Gasteiger partial charge in [0.05, 0.1) is 12.8 Å². The van der Waals surface area contributed by atoms with Gasteiger partial charge in [0.15, 0.2) is 11.9 Å². The van der Waals surface area contributed by atoms with E-state index in [0.717, 1.165) is 5.56 Å². The molecule has 0 spiro atoms. The van der Waals surface area contributed by atoms with Crippen molar-refractivity contribution >= 4 is 29.0 Å². The number of halogens is 1. The average Bonchev–Trinajstić information content (AvgIpc) is 3.38. The van der Waals surface area contributed by atoms with Crippen molar-refractivity contribution in [2.45, 2.75) is 38.2 Å². The molecule has 0 bridgehead atoms. The summed E-state index contributed by atoms with van der Waals surface area (Å²) in [5, 5.41) is 0.548. The van der Waals surface area contributed by atoms with Crippen molar-refractivity contribution < 1.29 is 19.1 Å². The molecule has 2 fully saturated rings. The first kappa shape index (κ1) is 18.4. The summed E-state index contributed by atoms with van der Waals surface area (Å²) < 4.78 is 11.5. The Hall–Kier alpha value is -2.60. The van der Waals surface area contributed by atoms with Crippen LogP contribution in [0.15, 0.2) is 30.5 Å². The second kappa shape index (κ2) is 7.34. The maximum Gasteiger partial charge on any atom is 0.268 e. The lowest BCUT2D eigenvalue weighted by molar-refractivity contribution is -0.122. The number of carbonyl (C=O) groups excluding carboxylic acids is 2. The van der Waals surface area contributed by atoms with Crippen LogP contribution in [0, 0.1) is 5.92 Å². The van der Waals surface area contributed by atoms with Crippen LogP contribution in [0.2, 0.25) is 5.02 Å². The maximum absolute atomic E-state index is 12.9. The first-order chi connectivity index (χ1) is 14.1. The Morgan fingerprint density at radius 3 is 2.76 bits per heavy atom. The lowest BCUT2D eigenvalue weighted by Gasteiger charge is -2.19. The number of ether oxygens (including phenoxy) is 2. The van der Waals surface area contributed by atoms with Crippen LogP contribution in [0.25, 0.3) is 0 Å². The van der Waals surface area contributed by atoms with E-state index in [1.54, 1.807) is 35.4 Å². The van der Waals surface area contributed by atoms with Crippen molar-refractivity contribution in [1.82, 2.24) is 4.98 Å². The lowest BCUT2D eigenvalue weighted by atomic mass is 10.1. The minimum atomic E-state index is -0.585. The van der Waals surface area contributed by atoms with Gasteiger partial charge in [-0.1, -0.05) is 11.6 Å². The molecule has 0 radical (unpaired) electrons. The first-order valence-corrected chi connectivity index (χ1v) is 10.4. The van der Waals surface area contributed by atoms with E-state index in [4.69, 9.17) is 21.1 Å². The third kappa shape index (κ3) is 3.69. The quantitative estimate of drug-likeness (QED) is 0.721. The number of benzene rings is 1. The van der Waals surface area contributed by atoms with Crippen LogP contribution in [0.4, 0.5) is 5.69 Å². The second-order valence-corrected chi connectivity index (χ2v) is 8.26. The van der Waals surface area contributed by atoms with Gasteiger partial charge in [0, 0.05) is 41.7 Å². The number of anilines is 1. The fourth-order valence-electron chi connectivity index (χ4n) is 3.85. The zero-order chi connectivity index (χ0) is 20.0. The van der Waals surface area contributed by atoms with Gasteiger partial charge in [-0.25, -0.2) is 4.98 Å². The van der Waals surface area contributed by atoms with Gasteiger partial charge < -0.3 is 14.4 Å². The van der Waals surface area contributed by atoms with Crippen molar-refractivity contribution in [1.29, 1.82) is 0 Å². The third-order valence-corrected chi connectivity index (χ3v) is 6.04. The van der Waals surface area contributed by atoms with Crippen LogP contribution < -0.4 is 14.4 Å². The molecule has 1 aromatic heterocycles.